The predicted octanol–water partition coefficient (Wildman–Crippen LogP) is 3.04. The summed E-state index contributed by atoms with van der Waals surface area (Å²) in [5.41, 5.74) is 0. The molecule has 0 saturated heterocycles. The maximum atomic E-state index is 5.37. The highest BCUT2D eigenvalue weighted by atomic mass is 79.9. The summed E-state index contributed by atoms with van der Waals surface area (Å²) in [5.74, 6) is 0.876. The summed E-state index contributed by atoms with van der Waals surface area (Å²) in [6.45, 7) is 2.85. The van der Waals surface area contributed by atoms with Gasteiger partial charge in [0.05, 0.1) is 6.61 Å². The molecule has 1 rings (SSSR count). The van der Waals surface area contributed by atoms with Crippen molar-refractivity contribution in [2.75, 3.05) is 6.61 Å². The van der Waals surface area contributed by atoms with E-state index in [0.29, 0.717) is 0 Å². The molecule has 59 valence electrons. The Hall–Kier alpha value is -0.500. The first kappa shape index (κ1) is 8.60. The molecular formula is C9H10BrO. The minimum absolute atomic E-state index is 0.768. The highest BCUT2D eigenvalue weighted by molar-refractivity contribution is 9.10. The molecule has 0 spiro atoms. The van der Waals surface area contributed by atoms with Crippen LogP contribution in [-0.4, -0.2) is 6.61 Å². The lowest BCUT2D eigenvalue weighted by Crippen LogP contribution is -1.94. The van der Waals surface area contributed by atoms with Crippen LogP contribution in [0.3, 0.4) is 0 Å². The van der Waals surface area contributed by atoms with Gasteiger partial charge in [-0.15, -0.1) is 0 Å². The van der Waals surface area contributed by atoms with E-state index in [9.17, 15) is 0 Å². The maximum absolute atomic E-state index is 5.37. The van der Waals surface area contributed by atoms with Crippen molar-refractivity contribution in [2.24, 2.45) is 0 Å². The molecule has 1 radical (unpaired) electrons. The molecule has 0 atom stereocenters. The molecule has 0 heterocycles. The molecule has 0 aliphatic carbocycles. The van der Waals surface area contributed by atoms with E-state index in [1.54, 1.807) is 0 Å². The summed E-state index contributed by atoms with van der Waals surface area (Å²) >= 11 is 3.34. The van der Waals surface area contributed by atoms with E-state index >= 15 is 0 Å². The molecule has 0 saturated carbocycles. The summed E-state index contributed by atoms with van der Waals surface area (Å²) in [5, 5.41) is 0. The van der Waals surface area contributed by atoms with E-state index in [0.717, 1.165) is 23.2 Å². The third kappa shape index (κ3) is 2.93. The van der Waals surface area contributed by atoms with E-state index in [4.69, 9.17) is 4.74 Å². The summed E-state index contributed by atoms with van der Waals surface area (Å²) in [6.07, 6.45) is 1.03. The molecule has 1 aromatic rings. The third-order valence-corrected chi connectivity index (χ3v) is 1.66. The van der Waals surface area contributed by atoms with Gasteiger partial charge in [-0.2, -0.15) is 0 Å². The van der Waals surface area contributed by atoms with Crippen LogP contribution in [0.1, 0.15) is 13.3 Å². The Morgan fingerprint density at radius 1 is 1.55 bits per heavy atom. The Kier molecular flexibility index (Phi) is 3.43. The highest BCUT2D eigenvalue weighted by Crippen LogP contribution is 2.17. The second kappa shape index (κ2) is 4.39. The summed E-state index contributed by atoms with van der Waals surface area (Å²) in [7, 11) is 0. The van der Waals surface area contributed by atoms with Gasteiger partial charge in [0.15, 0.2) is 0 Å². The van der Waals surface area contributed by atoms with Crippen LogP contribution in [0.4, 0.5) is 0 Å². The Balaban J connectivity index is 2.56. The fourth-order valence-electron chi connectivity index (χ4n) is 0.726. The normalized spacial score (nSPS) is 9.64. The molecule has 2 heteroatoms. The first-order chi connectivity index (χ1) is 5.33. The van der Waals surface area contributed by atoms with Crippen molar-refractivity contribution in [2.45, 2.75) is 13.3 Å². The summed E-state index contributed by atoms with van der Waals surface area (Å²) in [6, 6.07) is 8.60. The quantitative estimate of drug-likeness (QED) is 0.751. The molecule has 0 aliphatic rings. The molecule has 0 fully saturated rings. The zero-order valence-corrected chi connectivity index (χ0v) is 8.02. The van der Waals surface area contributed by atoms with E-state index in [1.165, 1.54) is 0 Å². The second-order valence-corrected chi connectivity index (χ2v) is 3.15. The molecule has 0 aliphatic heterocycles. The fourth-order valence-corrected chi connectivity index (χ4v) is 1.08. The van der Waals surface area contributed by atoms with Gasteiger partial charge in [-0.3, -0.25) is 0 Å². The van der Waals surface area contributed by atoms with Gasteiger partial charge in [-0.1, -0.05) is 22.9 Å². The van der Waals surface area contributed by atoms with Crippen LogP contribution in [0.25, 0.3) is 0 Å². The lowest BCUT2D eigenvalue weighted by atomic mass is 10.3. The first-order valence-corrected chi connectivity index (χ1v) is 4.41. The number of benzene rings is 1. The van der Waals surface area contributed by atoms with Gasteiger partial charge < -0.3 is 4.74 Å². The van der Waals surface area contributed by atoms with Gasteiger partial charge in [0.25, 0.3) is 0 Å². The van der Waals surface area contributed by atoms with E-state index in [1.807, 2.05) is 18.2 Å². The van der Waals surface area contributed by atoms with Gasteiger partial charge in [0.1, 0.15) is 5.75 Å². The first-order valence-electron chi connectivity index (χ1n) is 3.62. The van der Waals surface area contributed by atoms with Gasteiger partial charge in [0.2, 0.25) is 0 Å². The van der Waals surface area contributed by atoms with Gasteiger partial charge in [-0.05, 0) is 30.7 Å². The SMILES string of the molecule is CCCOc1c[c]cc(Br)c1. The number of halogens is 1. The number of rotatable bonds is 3. The van der Waals surface area contributed by atoms with Crippen molar-refractivity contribution < 1.29 is 4.74 Å². The minimum Gasteiger partial charge on any atom is -0.494 e. The van der Waals surface area contributed by atoms with Crippen molar-refractivity contribution in [3.05, 3.63) is 28.7 Å². The molecule has 0 aromatic heterocycles. The minimum atomic E-state index is 0.768. The van der Waals surface area contributed by atoms with Crippen LogP contribution < -0.4 is 4.74 Å². The highest BCUT2D eigenvalue weighted by Gasteiger charge is 1.92. The fraction of sp³-hybridized carbons (Fsp3) is 0.333. The second-order valence-electron chi connectivity index (χ2n) is 2.24. The average Bonchev–Trinajstić information content (AvgIpc) is 2.01. The monoisotopic (exact) mass is 213 g/mol. The Labute approximate surface area is 75.5 Å². The van der Waals surface area contributed by atoms with Crippen LogP contribution in [0.15, 0.2) is 22.7 Å². The summed E-state index contributed by atoms with van der Waals surface area (Å²) < 4.78 is 6.38. The largest absolute Gasteiger partial charge is 0.494 e. The van der Waals surface area contributed by atoms with Crippen molar-refractivity contribution in [3.8, 4) is 5.75 Å². The average molecular weight is 214 g/mol. The van der Waals surface area contributed by atoms with Crippen LogP contribution in [-0.2, 0) is 0 Å². The molecular weight excluding hydrogens is 204 g/mol. The predicted molar refractivity (Wildman–Crippen MR) is 48.8 cm³/mol. The molecule has 0 N–H and O–H groups in total. The number of hydrogen-bond acceptors (Lipinski definition) is 1. The van der Waals surface area contributed by atoms with Crippen molar-refractivity contribution in [1.29, 1.82) is 0 Å². The van der Waals surface area contributed by atoms with E-state index in [-0.39, 0.29) is 0 Å². The van der Waals surface area contributed by atoms with E-state index in [2.05, 4.69) is 28.9 Å². The molecule has 0 amide bonds. The lowest BCUT2D eigenvalue weighted by molar-refractivity contribution is 0.317. The van der Waals surface area contributed by atoms with Crippen molar-refractivity contribution in [3.63, 3.8) is 0 Å². The summed E-state index contributed by atoms with van der Waals surface area (Å²) in [4.78, 5) is 0. The third-order valence-electron chi connectivity index (χ3n) is 1.20. The van der Waals surface area contributed by atoms with Crippen molar-refractivity contribution >= 4 is 15.9 Å². The van der Waals surface area contributed by atoms with Gasteiger partial charge in [-0.25, -0.2) is 0 Å². The van der Waals surface area contributed by atoms with Crippen LogP contribution in [0.5, 0.6) is 5.75 Å². The Bertz CT molecular complexity index is 223. The zero-order valence-electron chi connectivity index (χ0n) is 6.43. The smallest absolute Gasteiger partial charge is 0.121 e. The number of ether oxygens (including phenoxy) is 1. The molecule has 1 nitrogen and oxygen atoms in total. The lowest BCUT2D eigenvalue weighted by Gasteiger charge is -2.02. The standard InChI is InChI=1S/C9H10BrO/c1-2-6-11-9-5-3-4-8(10)7-9/h4-5,7H,2,6H2,1H3. The molecule has 0 bridgehead atoms. The van der Waals surface area contributed by atoms with E-state index < -0.39 is 0 Å². The molecule has 1 aromatic carbocycles. The topological polar surface area (TPSA) is 9.23 Å². The van der Waals surface area contributed by atoms with Gasteiger partial charge >= 0.3 is 0 Å². The molecule has 11 heavy (non-hydrogen) atoms. The Morgan fingerprint density at radius 3 is 3.00 bits per heavy atom. The van der Waals surface area contributed by atoms with Crippen LogP contribution in [0, 0.1) is 6.07 Å². The Morgan fingerprint density at radius 2 is 2.36 bits per heavy atom. The molecule has 0 unspecified atom stereocenters. The van der Waals surface area contributed by atoms with Gasteiger partial charge in [0, 0.05) is 4.47 Å². The van der Waals surface area contributed by atoms with Crippen molar-refractivity contribution in [1.82, 2.24) is 0 Å². The van der Waals surface area contributed by atoms with Crippen LogP contribution in [0.2, 0.25) is 0 Å². The maximum Gasteiger partial charge on any atom is 0.121 e. The number of hydrogen-bond donors (Lipinski definition) is 0. The zero-order chi connectivity index (χ0) is 8.10. The van der Waals surface area contributed by atoms with Crippen LogP contribution >= 0.6 is 15.9 Å².